The van der Waals surface area contributed by atoms with Crippen LogP contribution in [0, 0.1) is 6.92 Å². The molecule has 3 heterocycles. The van der Waals surface area contributed by atoms with Crippen molar-refractivity contribution in [2.24, 2.45) is 0 Å². The number of aryl methyl sites for hydroxylation is 1. The molecule has 1 aliphatic heterocycles. The summed E-state index contributed by atoms with van der Waals surface area (Å²) in [5.41, 5.74) is 3.61. The maximum Gasteiger partial charge on any atom is 0.258 e. The first-order valence-corrected chi connectivity index (χ1v) is 8.62. The number of nitrogens with zero attached hydrogens (tertiary/aromatic N) is 2. The molecule has 2 aromatic rings. The van der Waals surface area contributed by atoms with E-state index in [1.807, 2.05) is 25.1 Å². The minimum absolute atomic E-state index is 0.130. The number of H-pyrrole nitrogens is 1. The molecule has 2 aliphatic rings. The van der Waals surface area contributed by atoms with Crippen molar-refractivity contribution in [3.8, 4) is 0 Å². The van der Waals surface area contributed by atoms with E-state index in [1.54, 1.807) is 0 Å². The van der Waals surface area contributed by atoms with Gasteiger partial charge in [0, 0.05) is 42.5 Å². The zero-order valence-corrected chi connectivity index (χ0v) is 13.8. The molecule has 1 saturated carbocycles. The van der Waals surface area contributed by atoms with Crippen molar-refractivity contribution in [1.29, 1.82) is 0 Å². The highest BCUT2D eigenvalue weighted by molar-refractivity contribution is 6.04. The van der Waals surface area contributed by atoms with Gasteiger partial charge in [0.2, 0.25) is 0 Å². The van der Waals surface area contributed by atoms with Crippen molar-refractivity contribution in [2.75, 3.05) is 18.5 Å². The first-order chi connectivity index (χ1) is 11.7. The average molecular weight is 326 g/mol. The summed E-state index contributed by atoms with van der Waals surface area (Å²) in [6.45, 7) is 3.53. The van der Waals surface area contributed by atoms with Crippen LogP contribution in [-0.4, -0.2) is 34.3 Å². The number of hydrogen-bond acceptors (Lipinski definition) is 4. The number of rotatable bonds is 4. The summed E-state index contributed by atoms with van der Waals surface area (Å²) in [4.78, 5) is 17.2. The molecule has 0 aromatic carbocycles. The number of carbonyl (C=O) groups is 1. The molecule has 1 amide bonds. The molecule has 0 spiro atoms. The van der Waals surface area contributed by atoms with Gasteiger partial charge in [-0.25, -0.2) is 0 Å². The fourth-order valence-corrected chi connectivity index (χ4v) is 3.24. The SMILES string of the molecule is Cc1ccc(C(=O)Nc2cc(C3CCOCC3)[nH]n2)c(C2CC2)n1. The third kappa shape index (κ3) is 3.19. The van der Waals surface area contributed by atoms with Crippen LogP contribution in [0.2, 0.25) is 0 Å². The van der Waals surface area contributed by atoms with Gasteiger partial charge in [-0.1, -0.05) is 0 Å². The second-order valence-corrected chi connectivity index (χ2v) is 6.71. The molecule has 126 valence electrons. The lowest BCUT2D eigenvalue weighted by Gasteiger charge is -2.20. The maximum atomic E-state index is 12.6. The highest BCUT2D eigenvalue weighted by Gasteiger charge is 2.30. The third-order valence-corrected chi connectivity index (χ3v) is 4.77. The summed E-state index contributed by atoms with van der Waals surface area (Å²) < 4.78 is 5.39. The van der Waals surface area contributed by atoms with E-state index in [9.17, 15) is 4.79 Å². The minimum Gasteiger partial charge on any atom is -0.381 e. The fourth-order valence-electron chi connectivity index (χ4n) is 3.24. The van der Waals surface area contributed by atoms with Crippen LogP contribution < -0.4 is 5.32 Å². The van der Waals surface area contributed by atoms with E-state index < -0.39 is 0 Å². The first-order valence-electron chi connectivity index (χ1n) is 8.62. The van der Waals surface area contributed by atoms with Gasteiger partial charge in [0.15, 0.2) is 5.82 Å². The number of aromatic amines is 1. The van der Waals surface area contributed by atoms with Gasteiger partial charge in [-0.05, 0) is 44.7 Å². The molecule has 1 aliphatic carbocycles. The topological polar surface area (TPSA) is 79.9 Å². The first kappa shape index (κ1) is 15.3. The van der Waals surface area contributed by atoms with E-state index in [1.165, 1.54) is 0 Å². The molecule has 0 unspecified atom stereocenters. The zero-order chi connectivity index (χ0) is 16.5. The van der Waals surface area contributed by atoms with Gasteiger partial charge in [-0.2, -0.15) is 5.10 Å². The lowest BCUT2D eigenvalue weighted by Crippen LogP contribution is -2.15. The Morgan fingerprint density at radius 1 is 1.21 bits per heavy atom. The molecule has 6 heteroatoms. The number of aromatic nitrogens is 3. The molecule has 0 bridgehead atoms. The molecule has 2 N–H and O–H groups in total. The summed E-state index contributed by atoms with van der Waals surface area (Å²) in [5.74, 6) is 1.31. The predicted octanol–water partition coefficient (Wildman–Crippen LogP) is 3.14. The lowest BCUT2D eigenvalue weighted by atomic mass is 9.97. The summed E-state index contributed by atoms with van der Waals surface area (Å²) in [7, 11) is 0. The highest BCUT2D eigenvalue weighted by Crippen LogP contribution is 2.40. The van der Waals surface area contributed by atoms with E-state index in [0.717, 1.165) is 56.0 Å². The Bertz CT molecular complexity index is 745. The van der Waals surface area contributed by atoms with Crippen molar-refractivity contribution in [3.63, 3.8) is 0 Å². The van der Waals surface area contributed by atoms with Crippen LogP contribution in [0.5, 0.6) is 0 Å². The van der Waals surface area contributed by atoms with Crippen molar-refractivity contribution in [1.82, 2.24) is 15.2 Å². The Balaban J connectivity index is 1.49. The molecule has 6 nitrogen and oxygen atoms in total. The molecule has 2 fully saturated rings. The molecule has 24 heavy (non-hydrogen) atoms. The molecule has 1 saturated heterocycles. The Morgan fingerprint density at radius 3 is 2.75 bits per heavy atom. The fraction of sp³-hybridized carbons (Fsp3) is 0.500. The van der Waals surface area contributed by atoms with Gasteiger partial charge >= 0.3 is 0 Å². The Labute approximate surface area is 141 Å². The Morgan fingerprint density at radius 2 is 2.00 bits per heavy atom. The summed E-state index contributed by atoms with van der Waals surface area (Å²) in [6, 6.07) is 5.70. The summed E-state index contributed by atoms with van der Waals surface area (Å²) >= 11 is 0. The second-order valence-electron chi connectivity index (χ2n) is 6.71. The summed E-state index contributed by atoms with van der Waals surface area (Å²) in [5, 5.41) is 10.2. The number of hydrogen-bond donors (Lipinski definition) is 2. The van der Waals surface area contributed by atoms with Crippen LogP contribution in [-0.2, 0) is 4.74 Å². The van der Waals surface area contributed by atoms with Gasteiger partial charge in [-0.3, -0.25) is 14.9 Å². The third-order valence-electron chi connectivity index (χ3n) is 4.77. The van der Waals surface area contributed by atoms with Gasteiger partial charge in [0.05, 0.1) is 11.3 Å². The van der Waals surface area contributed by atoms with E-state index >= 15 is 0 Å². The van der Waals surface area contributed by atoms with Crippen LogP contribution in [0.1, 0.15) is 65.0 Å². The van der Waals surface area contributed by atoms with Crippen LogP contribution in [0.15, 0.2) is 18.2 Å². The number of anilines is 1. The van der Waals surface area contributed by atoms with E-state index in [0.29, 0.717) is 23.2 Å². The number of nitrogens with one attached hydrogen (secondary N) is 2. The monoisotopic (exact) mass is 326 g/mol. The van der Waals surface area contributed by atoms with E-state index in [4.69, 9.17) is 4.74 Å². The van der Waals surface area contributed by atoms with Gasteiger partial charge in [-0.15, -0.1) is 0 Å². The number of pyridine rings is 1. The number of carbonyl (C=O) groups excluding carboxylic acids is 1. The van der Waals surface area contributed by atoms with E-state index in [2.05, 4.69) is 20.5 Å². The zero-order valence-electron chi connectivity index (χ0n) is 13.8. The Hall–Kier alpha value is -2.21. The molecular weight excluding hydrogens is 304 g/mol. The molecule has 0 atom stereocenters. The van der Waals surface area contributed by atoms with Gasteiger partial charge < -0.3 is 10.1 Å². The largest absolute Gasteiger partial charge is 0.381 e. The molecule has 4 rings (SSSR count). The van der Waals surface area contributed by atoms with Crippen molar-refractivity contribution >= 4 is 11.7 Å². The lowest BCUT2D eigenvalue weighted by molar-refractivity contribution is 0.0845. The quantitative estimate of drug-likeness (QED) is 0.904. The van der Waals surface area contributed by atoms with Crippen LogP contribution in [0.4, 0.5) is 5.82 Å². The van der Waals surface area contributed by atoms with Crippen LogP contribution >= 0.6 is 0 Å². The van der Waals surface area contributed by atoms with Gasteiger partial charge in [0.1, 0.15) is 0 Å². The molecule has 2 aromatic heterocycles. The van der Waals surface area contributed by atoms with E-state index in [-0.39, 0.29) is 5.91 Å². The standard InChI is InChI=1S/C18H22N4O2/c1-11-2-5-14(17(19-11)13-3-4-13)18(23)20-16-10-15(21-22-16)12-6-8-24-9-7-12/h2,5,10,12-13H,3-4,6-9H2,1H3,(H2,20,21,22,23). The van der Waals surface area contributed by atoms with Crippen LogP contribution in [0.25, 0.3) is 0 Å². The predicted molar refractivity (Wildman–Crippen MR) is 90.3 cm³/mol. The molecule has 0 radical (unpaired) electrons. The highest BCUT2D eigenvalue weighted by atomic mass is 16.5. The van der Waals surface area contributed by atoms with Crippen LogP contribution in [0.3, 0.4) is 0 Å². The number of ether oxygens (including phenoxy) is 1. The minimum atomic E-state index is -0.130. The maximum absolute atomic E-state index is 12.6. The normalized spacial score (nSPS) is 18.5. The summed E-state index contributed by atoms with van der Waals surface area (Å²) in [6.07, 6.45) is 4.21. The second kappa shape index (κ2) is 6.36. The Kier molecular flexibility index (Phi) is 4.06. The van der Waals surface area contributed by atoms with Crippen molar-refractivity contribution < 1.29 is 9.53 Å². The molecular formula is C18H22N4O2. The smallest absolute Gasteiger partial charge is 0.258 e. The van der Waals surface area contributed by atoms with Gasteiger partial charge in [0.25, 0.3) is 5.91 Å². The number of amides is 1. The van der Waals surface area contributed by atoms with Crippen molar-refractivity contribution in [3.05, 3.63) is 40.8 Å². The average Bonchev–Trinajstić information content (AvgIpc) is 3.35. The van der Waals surface area contributed by atoms with Crippen molar-refractivity contribution in [2.45, 2.75) is 44.4 Å².